The molecule has 4 heteroatoms. The largest absolute Gasteiger partial charge is 0.367 e. The Morgan fingerprint density at radius 1 is 1.39 bits per heavy atom. The molecule has 1 N–H and O–H groups in total. The van der Waals surface area contributed by atoms with Gasteiger partial charge in [0.1, 0.15) is 5.82 Å². The van der Waals surface area contributed by atoms with Crippen molar-refractivity contribution in [3.05, 3.63) is 22.3 Å². The number of hydrogen-bond acceptors (Lipinski definition) is 3. The fraction of sp³-hybridized carbons (Fsp3) is 0.643. The first-order chi connectivity index (χ1) is 8.72. The number of fused-ring (bicyclic) bond motifs is 1. The van der Waals surface area contributed by atoms with Crippen molar-refractivity contribution in [3.8, 4) is 0 Å². The summed E-state index contributed by atoms with van der Waals surface area (Å²) in [6, 6.07) is 3.53. The summed E-state index contributed by atoms with van der Waals surface area (Å²) in [5, 5.41) is 3.63. The number of aromatic nitrogens is 1. The highest BCUT2D eigenvalue weighted by molar-refractivity contribution is 9.10. The maximum absolute atomic E-state index is 4.49. The van der Waals surface area contributed by atoms with E-state index in [0.717, 1.165) is 16.3 Å². The molecular formula is C14H20BrN3. The van der Waals surface area contributed by atoms with E-state index in [1.165, 1.54) is 44.3 Å². The summed E-state index contributed by atoms with van der Waals surface area (Å²) in [7, 11) is 0. The number of pyridine rings is 1. The Hall–Kier alpha value is -0.610. The Morgan fingerprint density at radius 2 is 2.28 bits per heavy atom. The van der Waals surface area contributed by atoms with Gasteiger partial charge in [0.15, 0.2) is 0 Å². The maximum atomic E-state index is 4.49. The summed E-state index contributed by atoms with van der Waals surface area (Å²) >= 11 is 3.46. The van der Waals surface area contributed by atoms with Crippen LogP contribution in [-0.4, -0.2) is 35.1 Å². The number of aryl methyl sites for hydroxylation is 1. The second-order valence-corrected chi connectivity index (χ2v) is 6.43. The summed E-state index contributed by atoms with van der Waals surface area (Å²) in [5.74, 6) is 1.05. The van der Waals surface area contributed by atoms with E-state index in [4.69, 9.17) is 0 Å². The van der Waals surface area contributed by atoms with Crippen molar-refractivity contribution < 1.29 is 0 Å². The number of hydrogen-bond donors (Lipinski definition) is 1. The number of rotatable bonds is 2. The Labute approximate surface area is 117 Å². The smallest absolute Gasteiger partial charge is 0.129 e. The topological polar surface area (TPSA) is 28.2 Å². The molecule has 3 nitrogen and oxygen atoms in total. The molecule has 2 saturated heterocycles. The van der Waals surface area contributed by atoms with Crippen molar-refractivity contribution in [2.75, 3.05) is 18.4 Å². The minimum atomic E-state index is 0.594. The lowest BCUT2D eigenvalue weighted by atomic mass is 9.97. The third-order valence-electron chi connectivity index (χ3n) is 4.21. The molecule has 0 spiro atoms. The van der Waals surface area contributed by atoms with Gasteiger partial charge in [0.25, 0.3) is 0 Å². The van der Waals surface area contributed by atoms with Gasteiger partial charge in [0.2, 0.25) is 0 Å². The first kappa shape index (κ1) is 12.4. The monoisotopic (exact) mass is 309 g/mol. The van der Waals surface area contributed by atoms with Crippen molar-refractivity contribution in [2.45, 2.75) is 44.7 Å². The van der Waals surface area contributed by atoms with E-state index < -0.39 is 0 Å². The average molecular weight is 310 g/mol. The molecule has 0 bridgehead atoms. The molecule has 0 aromatic carbocycles. The molecular weight excluding hydrogens is 290 g/mol. The van der Waals surface area contributed by atoms with Crippen LogP contribution in [0.2, 0.25) is 0 Å². The molecule has 2 aliphatic rings. The van der Waals surface area contributed by atoms with Crippen LogP contribution in [0.1, 0.15) is 31.2 Å². The molecule has 2 fully saturated rings. The minimum absolute atomic E-state index is 0.594. The van der Waals surface area contributed by atoms with E-state index in [2.05, 4.69) is 44.1 Å². The van der Waals surface area contributed by atoms with E-state index >= 15 is 0 Å². The van der Waals surface area contributed by atoms with Crippen LogP contribution in [-0.2, 0) is 0 Å². The highest BCUT2D eigenvalue weighted by Gasteiger charge is 2.31. The Kier molecular flexibility index (Phi) is 3.57. The van der Waals surface area contributed by atoms with Crippen LogP contribution in [0, 0.1) is 6.92 Å². The van der Waals surface area contributed by atoms with Crippen molar-refractivity contribution >= 4 is 21.7 Å². The quantitative estimate of drug-likeness (QED) is 0.909. The van der Waals surface area contributed by atoms with E-state index in [1.54, 1.807) is 0 Å². The summed E-state index contributed by atoms with van der Waals surface area (Å²) < 4.78 is 1.05. The molecule has 2 unspecified atom stereocenters. The summed E-state index contributed by atoms with van der Waals surface area (Å²) in [4.78, 5) is 7.14. The van der Waals surface area contributed by atoms with Crippen molar-refractivity contribution in [1.29, 1.82) is 0 Å². The van der Waals surface area contributed by atoms with Gasteiger partial charge in [-0.1, -0.05) is 0 Å². The summed E-state index contributed by atoms with van der Waals surface area (Å²) in [6.07, 6.45) is 7.16. The third-order valence-corrected chi connectivity index (χ3v) is 4.64. The molecule has 0 saturated carbocycles. The van der Waals surface area contributed by atoms with Crippen molar-refractivity contribution in [2.24, 2.45) is 0 Å². The summed E-state index contributed by atoms with van der Waals surface area (Å²) in [6.45, 7) is 4.68. The highest BCUT2D eigenvalue weighted by Crippen LogP contribution is 2.29. The van der Waals surface area contributed by atoms with E-state index in [1.807, 2.05) is 6.20 Å². The molecule has 1 aromatic heterocycles. The molecule has 3 heterocycles. The molecule has 2 aliphatic heterocycles. The van der Waals surface area contributed by atoms with Crippen LogP contribution in [0.5, 0.6) is 0 Å². The predicted octanol–water partition coefficient (Wildman–Crippen LogP) is 3.19. The normalized spacial score (nSPS) is 28.1. The number of nitrogens with zero attached hydrogens (tertiary/aromatic N) is 2. The summed E-state index contributed by atoms with van der Waals surface area (Å²) in [5.41, 5.74) is 1.22. The lowest BCUT2D eigenvalue weighted by molar-refractivity contribution is 0.188. The highest BCUT2D eigenvalue weighted by atomic mass is 79.9. The van der Waals surface area contributed by atoms with Gasteiger partial charge in [0.05, 0.1) is 0 Å². The van der Waals surface area contributed by atoms with Gasteiger partial charge in [0, 0.05) is 29.3 Å². The van der Waals surface area contributed by atoms with Gasteiger partial charge < -0.3 is 10.2 Å². The Morgan fingerprint density at radius 3 is 3.11 bits per heavy atom. The Bertz CT molecular complexity index is 435. The zero-order valence-corrected chi connectivity index (χ0v) is 12.4. The zero-order chi connectivity index (χ0) is 12.5. The minimum Gasteiger partial charge on any atom is -0.367 e. The molecule has 1 aromatic rings. The van der Waals surface area contributed by atoms with E-state index in [0.29, 0.717) is 6.04 Å². The van der Waals surface area contributed by atoms with Crippen molar-refractivity contribution in [3.63, 3.8) is 0 Å². The zero-order valence-electron chi connectivity index (χ0n) is 10.8. The molecule has 0 aliphatic carbocycles. The predicted molar refractivity (Wildman–Crippen MR) is 77.9 cm³/mol. The second kappa shape index (κ2) is 5.17. The van der Waals surface area contributed by atoms with Crippen LogP contribution in [0.15, 0.2) is 16.7 Å². The third kappa shape index (κ3) is 2.54. The average Bonchev–Trinajstić information content (AvgIpc) is 2.80. The lowest BCUT2D eigenvalue weighted by Crippen LogP contribution is -2.42. The first-order valence-corrected chi connectivity index (χ1v) is 7.64. The van der Waals surface area contributed by atoms with Gasteiger partial charge in [-0.05, 0) is 66.7 Å². The number of piperidine rings is 1. The second-order valence-electron chi connectivity index (χ2n) is 5.52. The lowest BCUT2D eigenvalue weighted by Gasteiger charge is -2.35. The van der Waals surface area contributed by atoms with Gasteiger partial charge in [-0.15, -0.1) is 0 Å². The SMILES string of the molecule is Cc1cc(Br)cnc1NC1CCN2CCCC2C1. The number of anilines is 1. The van der Waals surface area contributed by atoms with Gasteiger partial charge in [-0.3, -0.25) is 0 Å². The van der Waals surface area contributed by atoms with Crippen LogP contribution >= 0.6 is 15.9 Å². The van der Waals surface area contributed by atoms with Gasteiger partial charge in [-0.2, -0.15) is 0 Å². The fourth-order valence-corrected chi connectivity index (χ4v) is 3.69. The number of nitrogens with one attached hydrogen (secondary N) is 1. The Balaban J connectivity index is 1.66. The van der Waals surface area contributed by atoms with E-state index in [9.17, 15) is 0 Å². The fourth-order valence-electron chi connectivity index (χ4n) is 3.24. The number of halogens is 1. The first-order valence-electron chi connectivity index (χ1n) is 6.85. The maximum Gasteiger partial charge on any atom is 0.129 e. The van der Waals surface area contributed by atoms with Gasteiger partial charge in [-0.25, -0.2) is 4.98 Å². The standard InChI is InChI=1S/C14H20BrN3/c1-10-7-11(15)9-16-14(10)17-12-4-6-18-5-2-3-13(18)8-12/h7,9,12-13H,2-6,8H2,1H3,(H,16,17). The van der Waals surface area contributed by atoms with E-state index in [-0.39, 0.29) is 0 Å². The molecule has 0 radical (unpaired) electrons. The van der Waals surface area contributed by atoms with Crippen LogP contribution < -0.4 is 5.32 Å². The molecule has 2 atom stereocenters. The van der Waals surface area contributed by atoms with Gasteiger partial charge >= 0.3 is 0 Å². The van der Waals surface area contributed by atoms with Crippen molar-refractivity contribution in [1.82, 2.24) is 9.88 Å². The van der Waals surface area contributed by atoms with Crippen LogP contribution in [0.3, 0.4) is 0 Å². The molecule has 98 valence electrons. The molecule has 18 heavy (non-hydrogen) atoms. The van der Waals surface area contributed by atoms with Crippen LogP contribution in [0.4, 0.5) is 5.82 Å². The molecule has 3 rings (SSSR count). The molecule has 0 amide bonds. The van der Waals surface area contributed by atoms with Crippen LogP contribution in [0.25, 0.3) is 0 Å².